The van der Waals surface area contributed by atoms with Crippen molar-refractivity contribution >= 4 is 27.6 Å². The smallest absolute Gasteiger partial charge is 0.337 e. The summed E-state index contributed by atoms with van der Waals surface area (Å²) in [6.45, 7) is 0. The van der Waals surface area contributed by atoms with Gasteiger partial charge in [-0.15, -0.1) is 0 Å². The fourth-order valence-electron chi connectivity index (χ4n) is 0.993. The fourth-order valence-corrected chi connectivity index (χ4v) is 2.33. The van der Waals surface area contributed by atoms with Gasteiger partial charge in [0.2, 0.25) is 10.0 Å². The zero-order valence-corrected chi connectivity index (χ0v) is 9.26. The molecule has 15 heavy (non-hydrogen) atoms. The van der Waals surface area contributed by atoms with E-state index in [0.717, 1.165) is 0 Å². The first-order chi connectivity index (χ1) is 6.90. The number of carboxylic acids is 1. The molecule has 5 nitrogen and oxygen atoms in total. The van der Waals surface area contributed by atoms with Crippen LogP contribution >= 0.6 is 11.6 Å². The molecule has 0 heterocycles. The largest absolute Gasteiger partial charge is 0.478 e. The number of benzene rings is 1. The van der Waals surface area contributed by atoms with Crippen LogP contribution in [0.15, 0.2) is 23.1 Å². The number of sulfonamides is 1. The molecule has 0 saturated heterocycles. The normalized spacial score (nSPS) is 11.3. The van der Waals surface area contributed by atoms with E-state index in [0.29, 0.717) is 0 Å². The molecule has 82 valence electrons. The number of aromatic carboxylic acids is 1. The summed E-state index contributed by atoms with van der Waals surface area (Å²) in [5, 5.41) is 8.44. The predicted molar refractivity (Wildman–Crippen MR) is 54.7 cm³/mol. The topological polar surface area (TPSA) is 83.5 Å². The Kier molecular flexibility index (Phi) is 3.33. The Morgan fingerprint density at radius 3 is 2.53 bits per heavy atom. The zero-order valence-electron chi connectivity index (χ0n) is 7.69. The maximum atomic E-state index is 11.4. The highest BCUT2D eigenvalue weighted by Gasteiger charge is 2.20. The number of rotatable bonds is 3. The number of carboxylic acid groups (broad SMARTS) is 1. The first-order valence-electron chi connectivity index (χ1n) is 3.85. The van der Waals surface area contributed by atoms with Gasteiger partial charge in [-0.1, -0.05) is 17.7 Å². The van der Waals surface area contributed by atoms with Crippen molar-refractivity contribution in [3.05, 3.63) is 28.8 Å². The standard InChI is InChI=1S/C8H8ClNO4S/c1-10-15(13,14)6-4-2-3-5(7(6)9)8(11)12/h2-4,10H,1H3,(H,11,12). The van der Waals surface area contributed by atoms with Gasteiger partial charge in [-0.05, 0) is 19.2 Å². The molecule has 0 radical (unpaired) electrons. The third-order valence-corrected chi connectivity index (χ3v) is 3.73. The van der Waals surface area contributed by atoms with Gasteiger partial charge in [-0.25, -0.2) is 17.9 Å². The Hall–Kier alpha value is -1.11. The fraction of sp³-hybridized carbons (Fsp3) is 0.125. The van der Waals surface area contributed by atoms with Gasteiger partial charge in [0.05, 0.1) is 10.6 Å². The van der Waals surface area contributed by atoms with Crippen LogP contribution in [0.25, 0.3) is 0 Å². The Balaban J connectivity index is 3.47. The average molecular weight is 250 g/mol. The molecule has 0 spiro atoms. The lowest BCUT2D eigenvalue weighted by atomic mass is 10.2. The molecule has 2 N–H and O–H groups in total. The van der Waals surface area contributed by atoms with Gasteiger partial charge in [0.1, 0.15) is 4.90 Å². The van der Waals surface area contributed by atoms with Crippen LogP contribution < -0.4 is 4.72 Å². The summed E-state index contributed by atoms with van der Waals surface area (Å²) in [5.41, 5.74) is -0.243. The van der Waals surface area contributed by atoms with Crippen LogP contribution in [0.2, 0.25) is 5.02 Å². The van der Waals surface area contributed by atoms with Gasteiger partial charge < -0.3 is 5.11 Å². The first kappa shape index (κ1) is 12.0. The van der Waals surface area contributed by atoms with E-state index in [1.807, 2.05) is 0 Å². The summed E-state index contributed by atoms with van der Waals surface area (Å²) in [4.78, 5) is 10.4. The van der Waals surface area contributed by atoms with E-state index >= 15 is 0 Å². The lowest BCUT2D eigenvalue weighted by Crippen LogP contribution is -2.19. The minimum atomic E-state index is -3.73. The molecule has 0 aliphatic rings. The highest BCUT2D eigenvalue weighted by Crippen LogP contribution is 2.24. The summed E-state index contributed by atoms with van der Waals surface area (Å²) in [7, 11) is -2.51. The van der Waals surface area contributed by atoms with Crippen molar-refractivity contribution in [2.75, 3.05) is 7.05 Å². The minimum absolute atomic E-state index is 0.243. The molecular weight excluding hydrogens is 242 g/mol. The molecule has 1 rings (SSSR count). The van der Waals surface area contributed by atoms with Gasteiger partial charge in [-0.2, -0.15) is 0 Å². The summed E-state index contributed by atoms with van der Waals surface area (Å²) < 4.78 is 24.9. The molecule has 1 aromatic rings. The Morgan fingerprint density at radius 2 is 2.07 bits per heavy atom. The van der Waals surface area contributed by atoms with E-state index in [9.17, 15) is 13.2 Å². The van der Waals surface area contributed by atoms with Crippen LogP contribution in [0, 0.1) is 0 Å². The molecule has 0 aromatic heterocycles. The van der Waals surface area contributed by atoms with Gasteiger partial charge in [0, 0.05) is 0 Å². The second-order valence-corrected chi connectivity index (χ2v) is 4.86. The van der Waals surface area contributed by atoms with Crippen LogP contribution in [-0.2, 0) is 10.0 Å². The maximum absolute atomic E-state index is 11.4. The van der Waals surface area contributed by atoms with Crippen LogP contribution in [0.1, 0.15) is 10.4 Å². The molecule has 1 aromatic carbocycles. The van der Waals surface area contributed by atoms with Crippen molar-refractivity contribution < 1.29 is 18.3 Å². The van der Waals surface area contributed by atoms with Crippen LogP contribution in [-0.4, -0.2) is 26.5 Å². The predicted octanol–water partition coefficient (Wildman–Crippen LogP) is 0.946. The molecule has 0 saturated carbocycles. The van der Waals surface area contributed by atoms with Gasteiger partial charge >= 0.3 is 5.97 Å². The average Bonchev–Trinajstić information content (AvgIpc) is 2.17. The zero-order chi connectivity index (χ0) is 11.6. The number of carbonyl (C=O) groups is 1. The van der Waals surface area contributed by atoms with Gasteiger partial charge in [0.15, 0.2) is 0 Å². The number of hydrogen-bond donors (Lipinski definition) is 2. The Morgan fingerprint density at radius 1 is 1.47 bits per heavy atom. The number of hydrogen-bond acceptors (Lipinski definition) is 3. The summed E-state index contributed by atoms with van der Waals surface area (Å²) in [6.07, 6.45) is 0. The van der Waals surface area contributed by atoms with E-state index < -0.39 is 16.0 Å². The van der Waals surface area contributed by atoms with E-state index in [-0.39, 0.29) is 15.5 Å². The van der Waals surface area contributed by atoms with Crippen LogP contribution in [0.3, 0.4) is 0 Å². The van der Waals surface area contributed by atoms with Crippen molar-refractivity contribution in [2.24, 2.45) is 0 Å². The third kappa shape index (κ3) is 2.28. The van der Waals surface area contributed by atoms with E-state index in [1.54, 1.807) is 0 Å². The molecule has 7 heteroatoms. The first-order valence-corrected chi connectivity index (χ1v) is 5.71. The lowest BCUT2D eigenvalue weighted by molar-refractivity contribution is 0.0697. The molecule has 0 aliphatic carbocycles. The third-order valence-electron chi connectivity index (χ3n) is 1.75. The second-order valence-electron chi connectivity index (χ2n) is 2.63. The SMILES string of the molecule is CNS(=O)(=O)c1cccc(C(=O)O)c1Cl. The lowest BCUT2D eigenvalue weighted by Gasteiger charge is -2.06. The summed E-state index contributed by atoms with van der Waals surface area (Å²) in [6, 6.07) is 3.79. The monoisotopic (exact) mass is 249 g/mol. The van der Waals surface area contributed by atoms with Crippen molar-refractivity contribution in [3.8, 4) is 0 Å². The summed E-state index contributed by atoms with van der Waals surface area (Å²) >= 11 is 5.67. The minimum Gasteiger partial charge on any atom is -0.478 e. The molecule has 0 amide bonds. The quantitative estimate of drug-likeness (QED) is 0.835. The highest BCUT2D eigenvalue weighted by molar-refractivity contribution is 7.89. The highest BCUT2D eigenvalue weighted by atomic mass is 35.5. The number of halogens is 1. The maximum Gasteiger partial charge on any atom is 0.337 e. The van der Waals surface area contributed by atoms with Crippen molar-refractivity contribution in [1.29, 1.82) is 0 Å². The van der Waals surface area contributed by atoms with E-state index in [4.69, 9.17) is 16.7 Å². The van der Waals surface area contributed by atoms with Crippen molar-refractivity contribution in [2.45, 2.75) is 4.90 Å². The Labute approximate surface area is 91.7 Å². The van der Waals surface area contributed by atoms with E-state index in [2.05, 4.69) is 4.72 Å². The number of nitrogens with one attached hydrogen (secondary N) is 1. The van der Waals surface area contributed by atoms with E-state index in [1.165, 1.54) is 25.2 Å². The second kappa shape index (κ2) is 4.18. The van der Waals surface area contributed by atoms with Crippen LogP contribution in [0.5, 0.6) is 0 Å². The summed E-state index contributed by atoms with van der Waals surface area (Å²) in [5.74, 6) is -1.27. The van der Waals surface area contributed by atoms with Gasteiger partial charge in [0.25, 0.3) is 0 Å². The molecule has 0 bridgehead atoms. The molecule has 0 unspecified atom stereocenters. The van der Waals surface area contributed by atoms with Crippen molar-refractivity contribution in [1.82, 2.24) is 4.72 Å². The van der Waals surface area contributed by atoms with Crippen LogP contribution in [0.4, 0.5) is 0 Å². The molecular formula is C8H8ClNO4S. The molecule has 0 atom stereocenters. The Bertz CT molecular complexity index is 497. The van der Waals surface area contributed by atoms with Crippen molar-refractivity contribution in [3.63, 3.8) is 0 Å². The van der Waals surface area contributed by atoms with Gasteiger partial charge in [-0.3, -0.25) is 0 Å². The molecule has 0 fully saturated rings. The molecule has 0 aliphatic heterocycles.